The monoisotopic (exact) mass is 234 g/mol. The van der Waals surface area contributed by atoms with Gasteiger partial charge in [-0.05, 0) is 18.9 Å². The quantitative estimate of drug-likeness (QED) is 0.700. The summed E-state index contributed by atoms with van der Waals surface area (Å²) in [5.41, 5.74) is 0. The lowest BCUT2D eigenvalue weighted by Gasteiger charge is -2.13. The van der Waals surface area contributed by atoms with Gasteiger partial charge in [0.1, 0.15) is 0 Å². The number of amides is 1. The van der Waals surface area contributed by atoms with Crippen LogP contribution in [0.2, 0.25) is 0 Å². The zero-order valence-corrected chi connectivity index (χ0v) is 9.93. The van der Waals surface area contributed by atoms with Crippen LogP contribution in [0.3, 0.4) is 0 Å². The van der Waals surface area contributed by atoms with E-state index in [0.717, 1.165) is 6.54 Å². The second-order valence-corrected chi connectivity index (χ2v) is 5.87. The first-order chi connectivity index (χ1) is 6.96. The highest BCUT2D eigenvalue weighted by Crippen LogP contribution is 2.15. The van der Waals surface area contributed by atoms with Crippen molar-refractivity contribution in [2.24, 2.45) is 11.8 Å². The Morgan fingerprint density at radius 1 is 1.47 bits per heavy atom. The molecule has 1 heterocycles. The van der Waals surface area contributed by atoms with Crippen molar-refractivity contribution in [3.63, 3.8) is 0 Å². The first-order valence-corrected chi connectivity index (χ1v) is 6.86. The molecule has 1 aliphatic rings. The average molecular weight is 234 g/mol. The summed E-state index contributed by atoms with van der Waals surface area (Å²) in [6.07, 6.45) is 0.515. The summed E-state index contributed by atoms with van der Waals surface area (Å²) in [4.78, 5) is 11.6. The largest absolute Gasteiger partial charge is 0.316 e. The van der Waals surface area contributed by atoms with E-state index in [9.17, 15) is 13.2 Å². The predicted molar refractivity (Wildman–Crippen MR) is 57.7 cm³/mol. The molecule has 0 aromatic heterocycles. The average Bonchev–Trinajstić information content (AvgIpc) is 2.50. The van der Waals surface area contributed by atoms with Crippen molar-refractivity contribution in [3.8, 4) is 0 Å². The van der Waals surface area contributed by atoms with Crippen LogP contribution in [0.5, 0.6) is 0 Å². The minimum atomic E-state index is -3.42. The zero-order chi connectivity index (χ0) is 11.5. The molecule has 6 heteroatoms. The number of hydrogen-bond donors (Lipinski definition) is 2. The van der Waals surface area contributed by atoms with Crippen molar-refractivity contribution in [2.45, 2.75) is 20.3 Å². The van der Waals surface area contributed by atoms with Gasteiger partial charge in [0.05, 0.1) is 11.7 Å². The van der Waals surface area contributed by atoms with Gasteiger partial charge in [-0.3, -0.25) is 9.52 Å². The standard InChI is InChI=1S/C9H18N2O3S/c1-3-4-15(13,14)11-9(12)8-6-10-5-7(8)2/h7-8,10H,3-6H2,1-2H3,(H,11,12). The number of carbonyl (C=O) groups is 1. The number of sulfonamides is 1. The Bertz CT molecular complexity index is 326. The van der Waals surface area contributed by atoms with E-state index in [1.807, 2.05) is 6.92 Å². The molecule has 1 fully saturated rings. The van der Waals surface area contributed by atoms with Gasteiger partial charge in [-0.2, -0.15) is 0 Å². The fourth-order valence-corrected chi connectivity index (χ4v) is 2.81. The number of hydrogen-bond acceptors (Lipinski definition) is 4. The predicted octanol–water partition coefficient (Wildman–Crippen LogP) is -0.302. The van der Waals surface area contributed by atoms with E-state index in [1.54, 1.807) is 6.92 Å². The van der Waals surface area contributed by atoms with E-state index >= 15 is 0 Å². The highest BCUT2D eigenvalue weighted by Gasteiger charge is 2.31. The lowest BCUT2D eigenvalue weighted by atomic mass is 9.98. The maximum absolute atomic E-state index is 11.6. The molecule has 2 N–H and O–H groups in total. The Kier molecular flexibility index (Phi) is 4.10. The molecule has 1 amide bonds. The van der Waals surface area contributed by atoms with Gasteiger partial charge in [-0.15, -0.1) is 0 Å². The Hall–Kier alpha value is -0.620. The third-order valence-electron chi connectivity index (χ3n) is 2.58. The molecule has 0 saturated carbocycles. The first kappa shape index (κ1) is 12.4. The molecule has 0 radical (unpaired) electrons. The molecule has 15 heavy (non-hydrogen) atoms. The molecule has 2 atom stereocenters. The topological polar surface area (TPSA) is 75.3 Å². The summed E-state index contributed by atoms with van der Waals surface area (Å²) in [6.45, 7) is 5.04. The van der Waals surface area contributed by atoms with Crippen molar-refractivity contribution in [1.82, 2.24) is 10.0 Å². The molecule has 0 aliphatic carbocycles. The highest BCUT2D eigenvalue weighted by atomic mass is 32.2. The van der Waals surface area contributed by atoms with Gasteiger partial charge >= 0.3 is 0 Å². The lowest BCUT2D eigenvalue weighted by molar-refractivity contribution is -0.123. The Morgan fingerprint density at radius 2 is 2.13 bits per heavy atom. The summed E-state index contributed by atoms with van der Waals surface area (Å²) in [5.74, 6) is -0.396. The summed E-state index contributed by atoms with van der Waals surface area (Å²) in [6, 6.07) is 0. The highest BCUT2D eigenvalue weighted by molar-refractivity contribution is 7.90. The van der Waals surface area contributed by atoms with Gasteiger partial charge in [0.2, 0.25) is 15.9 Å². The van der Waals surface area contributed by atoms with Crippen molar-refractivity contribution >= 4 is 15.9 Å². The molecule has 0 spiro atoms. The molecule has 1 saturated heterocycles. The van der Waals surface area contributed by atoms with E-state index in [2.05, 4.69) is 10.0 Å². The summed E-state index contributed by atoms with van der Waals surface area (Å²) < 4.78 is 24.8. The summed E-state index contributed by atoms with van der Waals surface area (Å²) in [7, 11) is -3.42. The van der Waals surface area contributed by atoms with Crippen molar-refractivity contribution < 1.29 is 13.2 Å². The van der Waals surface area contributed by atoms with Crippen LogP contribution in [-0.2, 0) is 14.8 Å². The van der Waals surface area contributed by atoms with Gasteiger partial charge in [-0.1, -0.05) is 13.8 Å². The van der Waals surface area contributed by atoms with E-state index in [4.69, 9.17) is 0 Å². The van der Waals surface area contributed by atoms with Gasteiger partial charge in [-0.25, -0.2) is 8.42 Å². The number of carbonyl (C=O) groups excluding carboxylic acids is 1. The van der Waals surface area contributed by atoms with Crippen LogP contribution in [0.4, 0.5) is 0 Å². The van der Waals surface area contributed by atoms with Gasteiger partial charge in [0.15, 0.2) is 0 Å². The zero-order valence-electron chi connectivity index (χ0n) is 9.12. The van der Waals surface area contributed by atoms with Crippen LogP contribution in [0.1, 0.15) is 20.3 Å². The third-order valence-corrected chi connectivity index (χ3v) is 4.04. The van der Waals surface area contributed by atoms with Gasteiger partial charge in [0.25, 0.3) is 0 Å². The van der Waals surface area contributed by atoms with Crippen LogP contribution in [0, 0.1) is 11.8 Å². The van der Waals surface area contributed by atoms with Crippen molar-refractivity contribution in [1.29, 1.82) is 0 Å². The van der Waals surface area contributed by atoms with Crippen LogP contribution in [-0.4, -0.2) is 33.2 Å². The Morgan fingerprint density at radius 3 is 2.60 bits per heavy atom. The molecule has 1 aliphatic heterocycles. The molecule has 5 nitrogen and oxygen atoms in total. The number of rotatable bonds is 4. The molecule has 0 bridgehead atoms. The maximum atomic E-state index is 11.6. The van der Waals surface area contributed by atoms with Gasteiger partial charge < -0.3 is 5.32 Å². The fraction of sp³-hybridized carbons (Fsp3) is 0.889. The summed E-state index contributed by atoms with van der Waals surface area (Å²) >= 11 is 0. The van der Waals surface area contributed by atoms with Crippen LogP contribution in [0.15, 0.2) is 0 Å². The fourth-order valence-electron chi connectivity index (χ4n) is 1.71. The molecule has 1 rings (SSSR count). The molecule has 0 aromatic carbocycles. The summed E-state index contributed by atoms with van der Waals surface area (Å²) in [5, 5.41) is 3.07. The van der Waals surface area contributed by atoms with E-state index in [-0.39, 0.29) is 23.5 Å². The first-order valence-electron chi connectivity index (χ1n) is 5.21. The second-order valence-electron chi connectivity index (χ2n) is 4.03. The Balaban J connectivity index is 2.55. The van der Waals surface area contributed by atoms with Crippen LogP contribution >= 0.6 is 0 Å². The second kappa shape index (κ2) is 4.94. The van der Waals surface area contributed by atoms with Gasteiger partial charge in [0, 0.05) is 6.54 Å². The molecular formula is C9H18N2O3S. The van der Waals surface area contributed by atoms with Crippen molar-refractivity contribution in [2.75, 3.05) is 18.8 Å². The number of nitrogens with one attached hydrogen (secondary N) is 2. The Labute approximate surface area is 90.7 Å². The van der Waals surface area contributed by atoms with E-state index in [0.29, 0.717) is 13.0 Å². The van der Waals surface area contributed by atoms with Crippen LogP contribution < -0.4 is 10.0 Å². The lowest BCUT2D eigenvalue weighted by Crippen LogP contribution is -2.39. The molecule has 2 unspecified atom stereocenters. The smallest absolute Gasteiger partial charge is 0.238 e. The molecular weight excluding hydrogens is 216 g/mol. The minimum absolute atomic E-state index is 0.00721. The maximum Gasteiger partial charge on any atom is 0.238 e. The molecule has 0 aromatic rings. The van der Waals surface area contributed by atoms with Crippen LogP contribution in [0.25, 0.3) is 0 Å². The van der Waals surface area contributed by atoms with Crippen molar-refractivity contribution in [3.05, 3.63) is 0 Å². The molecule has 88 valence electrons. The van der Waals surface area contributed by atoms with E-state index in [1.165, 1.54) is 0 Å². The SMILES string of the molecule is CCCS(=O)(=O)NC(=O)C1CNCC1C. The minimum Gasteiger partial charge on any atom is -0.316 e. The van der Waals surface area contributed by atoms with E-state index < -0.39 is 10.0 Å². The third kappa shape index (κ3) is 3.46. The normalized spacial score (nSPS) is 26.5.